The maximum absolute atomic E-state index is 3.33. The van der Waals surface area contributed by atoms with Gasteiger partial charge in [0.05, 0.1) is 0 Å². The fraction of sp³-hybridized carbons (Fsp3) is 0.688. The molecule has 0 N–H and O–H groups in total. The Hall–Kier alpha value is -0.740. The van der Waals surface area contributed by atoms with Crippen molar-refractivity contribution in [3.63, 3.8) is 0 Å². The molecule has 16 heavy (non-hydrogen) atoms. The Labute approximate surface area is 100 Å². The highest BCUT2D eigenvalue weighted by molar-refractivity contribution is 5.20. The van der Waals surface area contributed by atoms with Gasteiger partial charge in [0.1, 0.15) is 0 Å². The molecule has 0 radical (unpaired) electrons. The molecule has 0 bridgehead atoms. The summed E-state index contributed by atoms with van der Waals surface area (Å²) in [6.45, 7) is 4.65. The molecular weight excluding hydrogens is 192 g/mol. The van der Waals surface area contributed by atoms with Gasteiger partial charge in [-0.1, -0.05) is 38.3 Å². The molecule has 2 rings (SSSR count). The zero-order valence-corrected chi connectivity index (χ0v) is 10.7. The Bertz CT molecular complexity index is 315. The second kappa shape index (κ2) is 5.55. The van der Waals surface area contributed by atoms with Crippen LogP contribution in [0.3, 0.4) is 0 Å². The highest BCUT2D eigenvalue weighted by atomic mass is 14.4. The van der Waals surface area contributed by atoms with E-state index in [0.717, 1.165) is 18.3 Å². The highest BCUT2D eigenvalue weighted by Crippen LogP contribution is 2.45. The molecule has 2 aliphatic carbocycles. The Balaban J connectivity index is 2.07. The predicted molar refractivity (Wildman–Crippen MR) is 70.3 cm³/mol. The summed E-state index contributed by atoms with van der Waals surface area (Å²) in [5, 5.41) is 0. The van der Waals surface area contributed by atoms with Gasteiger partial charge in [0.25, 0.3) is 0 Å². The number of hydrogen-bond acceptors (Lipinski definition) is 0. The summed E-state index contributed by atoms with van der Waals surface area (Å²) in [7, 11) is 0. The van der Waals surface area contributed by atoms with Crippen LogP contribution in [-0.2, 0) is 0 Å². The number of allylic oxidation sites excluding steroid dienone is 3. The Morgan fingerprint density at radius 1 is 1.31 bits per heavy atom. The maximum Gasteiger partial charge on any atom is 0.00270 e. The molecule has 0 nitrogen and oxygen atoms in total. The molecule has 0 heteroatoms. The standard InChI is InChI=1S/C16H24/c1-3-8-14-11-12-16(14)15-10-7-5-4-6-9-13(15)2/h4,9-10,13-14,16H,3,5,7-8,11-12H2,1-2H3. The SMILES string of the molecule is CCCC1CCC1C1=CCCC=C=CC1C. The topological polar surface area (TPSA) is 0 Å². The van der Waals surface area contributed by atoms with Gasteiger partial charge in [0, 0.05) is 5.92 Å². The summed E-state index contributed by atoms with van der Waals surface area (Å²) in [5.74, 6) is 2.49. The van der Waals surface area contributed by atoms with E-state index >= 15 is 0 Å². The lowest BCUT2D eigenvalue weighted by atomic mass is 9.65. The zero-order chi connectivity index (χ0) is 11.4. The van der Waals surface area contributed by atoms with Crippen LogP contribution in [0, 0.1) is 17.8 Å². The first-order chi connectivity index (χ1) is 7.83. The molecular formula is C16H24. The van der Waals surface area contributed by atoms with Crippen molar-refractivity contribution in [2.45, 2.75) is 52.4 Å². The van der Waals surface area contributed by atoms with E-state index in [4.69, 9.17) is 0 Å². The van der Waals surface area contributed by atoms with E-state index in [2.05, 4.69) is 37.8 Å². The smallest absolute Gasteiger partial charge is 0.00270 e. The maximum atomic E-state index is 3.33. The van der Waals surface area contributed by atoms with E-state index in [1.165, 1.54) is 32.1 Å². The Kier molecular flexibility index (Phi) is 4.07. The minimum atomic E-state index is 0.612. The van der Waals surface area contributed by atoms with Gasteiger partial charge in [-0.15, -0.1) is 5.73 Å². The largest absolute Gasteiger partial charge is 0.129 e. The summed E-state index contributed by atoms with van der Waals surface area (Å²) in [6.07, 6.45) is 15.0. The molecule has 0 heterocycles. The molecule has 88 valence electrons. The first-order valence-corrected chi connectivity index (χ1v) is 6.94. The molecule has 2 aliphatic rings. The number of rotatable bonds is 3. The zero-order valence-electron chi connectivity index (χ0n) is 10.7. The van der Waals surface area contributed by atoms with Gasteiger partial charge in [-0.2, -0.15) is 0 Å². The summed E-state index contributed by atoms with van der Waals surface area (Å²) < 4.78 is 0. The van der Waals surface area contributed by atoms with Crippen molar-refractivity contribution in [2.75, 3.05) is 0 Å². The molecule has 0 amide bonds. The minimum Gasteiger partial charge on any atom is -0.129 e. The van der Waals surface area contributed by atoms with Crippen molar-refractivity contribution in [1.82, 2.24) is 0 Å². The summed E-state index contributed by atoms with van der Waals surface area (Å²) in [5.41, 5.74) is 5.04. The van der Waals surface area contributed by atoms with Gasteiger partial charge in [-0.05, 0) is 49.7 Å². The second-order valence-corrected chi connectivity index (χ2v) is 5.34. The van der Waals surface area contributed by atoms with E-state index in [-0.39, 0.29) is 0 Å². The van der Waals surface area contributed by atoms with Crippen LogP contribution in [0.4, 0.5) is 0 Å². The fourth-order valence-corrected chi connectivity index (χ4v) is 3.12. The van der Waals surface area contributed by atoms with Crippen LogP contribution in [0.2, 0.25) is 0 Å². The van der Waals surface area contributed by atoms with Crippen LogP contribution in [0.1, 0.15) is 52.4 Å². The third-order valence-corrected chi connectivity index (χ3v) is 4.19. The lowest BCUT2D eigenvalue weighted by molar-refractivity contribution is 0.189. The molecule has 0 aromatic heterocycles. The third kappa shape index (κ3) is 2.50. The molecule has 0 aromatic rings. The van der Waals surface area contributed by atoms with E-state index in [1.54, 1.807) is 5.57 Å². The fourth-order valence-electron chi connectivity index (χ4n) is 3.12. The molecule has 1 fully saturated rings. The predicted octanol–water partition coefficient (Wildman–Crippen LogP) is 4.88. The van der Waals surface area contributed by atoms with Gasteiger partial charge in [-0.25, -0.2) is 0 Å². The van der Waals surface area contributed by atoms with Crippen LogP contribution >= 0.6 is 0 Å². The van der Waals surface area contributed by atoms with Gasteiger partial charge in [-0.3, -0.25) is 0 Å². The first kappa shape index (κ1) is 11.7. The normalized spacial score (nSPS) is 33.9. The van der Waals surface area contributed by atoms with Crippen LogP contribution in [-0.4, -0.2) is 0 Å². The summed E-state index contributed by atoms with van der Waals surface area (Å²) in [6, 6.07) is 0. The summed E-state index contributed by atoms with van der Waals surface area (Å²) >= 11 is 0. The van der Waals surface area contributed by atoms with Crippen molar-refractivity contribution in [3.8, 4) is 0 Å². The molecule has 0 aliphatic heterocycles. The van der Waals surface area contributed by atoms with Crippen molar-refractivity contribution in [2.24, 2.45) is 17.8 Å². The minimum absolute atomic E-state index is 0.612. The van der Waals surface area contributed by atoms with Crippen LogP contribution in [0.5, 0.6) is 0 Å². The van der Waals surface area contributed by atoms with E-state index in [0.29, 0.717) is 5.92 Å². The van der Waals surface area contributed by atoms with Crippen molar-refractivity contribution < 1.29 is 0 Å². The molecule has 0 saturated heterocycles. The molecule has 0 spiro atoms. The quantitative estimate of drug-likeness (QED) is 0.466. The summed E-state index contributed by atoms with van der Waals surface area (Å²) in [4.78, 5) is 0. The van der Waals surface area contributed by atoms with Gasteiger partial charge in [0.2, 0.25) is 0 Å². The Morgan fingerprint density at radius 2 is 2.19 bits per heavy atom. The lowest BCUT2D eigenvalue weighted by Gasteiger charge is -2.40. The van der Waals surface area contributed by atoms with Gasteiger partial charge >= 0.3 is 0 Å². The van der Waals surface area contributed by atoms with Gasteiger partial charge < -0.3 is 0 Å². The van der Waals surface area contributed by atoms with E-state index < -0.39 is 0 Å². The van der Waals surface area contributed by atoms with Crippen LogP contribution < -0.4 is 0 Å². The molecule has 3 atom stereocenters. The monoisotopic (exact) mass is 216 g/mol. The molecule has 3 unspecified atom stereocenters. The van der Waals surface area contributed by atoms with Crippen molar-refractivity contribution in [3.05, 3.63) is 29.5 Å². The first-order valence-electron chi connectivity index (χ1n) is 6.94. The highest BCUT2D eigenvalue weighted by Gasteiger charge is 2.33. The Morgan fingerprint density at radius 3 is 2.88 bits per heavy atom. The van der Waals surface area contributed by atoms with Crippen LogP contribution in [0.25, 0.3) is 0 Å². The third-order valence-electron chi connectivity index (χ3n) is 4.19. The van der Waals surface area contributed by atoms with Gasteiger partial charge in [0.15, 0.2) is 0 Å². The van der Waals surface area contributed by atoms with E-state index in [9.17, 15) is 0 Å². The molecule has 0 aromatic carbocycles. The average Bonchev–Trinajstić information content (AvgIpc) is 2.24. The van der Waals surface area contributed by atoms with Crippen molar-refractivity contribution >= 4 is 0 Å². The van der Waals surface area contributed by atoms with E-state index in [1.807, 2.05) is 0 Å². The van der Waals surface area contributed by atoms with Crippen LogP contribution in [0.15, 0.2) is 29.5 Å². The number of hydrogen-bond donors (Lipinski definition) is 0. The average molecular weight is 216 g/mol. The lowest BCUT2D eigenvalue weighted by Crippen LogP contribution is -2.29. The molecule has 1 saturated carbocycles. The second-order valence-electron chi connectivity index (χ2n) is 5.34. The van der Waals surface area contributed by atoms with Crippen molar-refractivity contribution in [1.29, 1.82) is 0 Å².